The van der Waals surface area contributed by atoms with E-state index in [1.54, 1.807) is 40.1 Å². The van der Waals surface area contributed by atoms with Crippen molar-refractivity contribution < 1.29 is 9.59 Å². The third-order valence-corrected chi connectivity index (χ3v) is 5.51. The van der Waals surface area contributed by atoms with Gasteiger partial charge in [-0.05, 0) is 35.9 Å². The van der Waals surface area contributed by atoms with E-state index >= 15 is 0 Å². The minimum Gasteiger partial charge on any atom is -0.339 e. The highest BCUT2D eigenvalue weighted by atomic mass is 35.5. The molecule has 0 aliphatic carbocycles. The average Bonchev–Trinajstić information content (AvgIpc) is 3.29. The number of halogens is 1. The van der Waals surface area contributed by atoms with Crippen molar-refractivity contribution in [3.8, 4) is 5.69 Å². The molecule has 0 unspecified atom stereocenters. The topological polar surface area (TPSA) is 58.4 Å². The number of carbonyl (C=O) groups excluding carboxylic acids is 2. The van der Waals surface area contributed by atoms with E-state index < -0.39 is 0 Å². The summed E-state index contributed by atoms with van der Waals surface area (Å²) < 4.78 is 1.77. The molecule has 0 radical (unpaired) electrons. The zero-order valence-electron chi connectivity index (χ0n) is 17.0. The van der Waals surface area contributed by atoms with E-state index in [0.29, 0.717) is 37.6 Å². The van der Waals surface area contributed by atoms with Gasteiger partial charge in [-0.2, -0.15) is 5.10 Å². The molecule has 1 aliphatic rings. The summed E-state index contributed by atoms with van der Waals surface area (Å²) in [7, 11) is 0. The Kier molecular flexibility index (Phi) is 6.48. The highest BCUT2D eigenvalue weighted by molar-refractivity contribution is 6.30. The van der Waals surface area contributed by atoms with Gasteiger partial charge >= 0.3 is 0 Å². The van der Waals surface area contributed by atoms with Gasteiger partial charge in [-0.15, -0.1) is 0 Å². The van der Waals surface area contributed by atoms with E-state index in [0.717, 1.165) is 16.8 Å². The van der Waals surface area contributed by atoms with Crippen molar-refractivity contribution in [2.75, 3.05) is 26.2 Å². The van der Waals surface area contributed by atoms with Crippen molar-refractivity contribution in [2.45, 2.75) is 6.42 Å². The molecule has 31 heavy (non-hydrogen) atoms. The Balaban J connectivity index is 1.28. The Bertz CT molecular complexity index is 1070. The van der Waals surface area contributed by atoms with Gasteiger partial charge in [0.05, 0.1) is 18.3 Å². The highest BCUT2D eigenvalue weighted by Gasteiger charge is 2.23. The number of benzene rings is 2. The van der Waals surface area contributed by atoms with Gasteiger partial charge in [0.15, 0.2) is 0 Å². The first-order valence-corrected chi connectivity index (χ1v) is 10.6. The molecule has 1 aromatic heterocycles. The number of nitrogens with zero attached hydrogens (tertiary/aromatic N) is 4. The van der Waals surface area contributed by atoms with Gasteiger partial charge in [-0.25, -0.2) is 4.68 Å². The summed E-state index contributed by atoms with van der Waals surface area (Å²) in [6, 6.07) is 17.1. The van der Waals surface area contributed by atoms with Gasteiger partial charge in [-0.3, -0.25) is 9.59 Å². The number of hydrogen-bond acceptors (Lipinski definition) is 3. The molecule has 7 heteroatoms. The maximum atomic E-state index is 12.5. The van der Waals surface area contributed by atoms with Gasteiger partial charge in [0.1, 0.15) is 0 Å². The van der Waals surface area contributed by atoms with Crippen LogP contribution in [-0.4, -0.2) is 57.6 Å². The van der Waals surface area contributed by atoms with Crippen LogP contribution >= 0.6 is 11.6 Å². The fourth-order valence-corrected chi connectivity index (χ4v) is 3.61. The molecule has 158 valence electrons. The molecule has 1 aliphatic heterocycles. The Morgan fingerprint density at radius 1 is 0.935 bits per heavy atom. The van der Waals surface area contributed by atoms with Crippen LogP contribution in [0.15, 0.2) is 73.1 Å². The van der Waals surface area contributed by atoms with Crippen LogP contribution < -0.4 is 0 Å². The van der Waals surface area contributed by atoms with E-state index in [1.165, 1.54) is 0 Å². The van der Waals surface area contributed by atoms with Crippen molar-refractivity contribution in [1.82, 2.24) is 19.6 Å². The Morgan fingerprint density at radius 2 is 1.61 bits per heavy atom. The van der Waals surface area contributed by atoms with Crippen LogP contribution in [0.4, 0.5) is 0 Å². The van der Waals surface area contributed by atoms with Crippen molar-refractivity contribution in [1.29, 1.82) is 0 Å². The second-order valence-corrected chi connectivity index (χ2v) is 7.83. The smallest absolute Gasteiger partial charge is 0.246 e. The molecule has 0 bridgehead atoms. The Labute approximate surface area is 186 Å². The van der Waals surface area contributed by atoms with Crippen LogP contribution in [0.5, 0.6) is 0 Å². The number of aromatic nitrogens is 2. The third kappa shape index (κ3) is 5.41. The molecule has 4 rings (SSSR count). The molecular formula is C24H23ClN4O2. The van der Waals surface area contributed by atoms with Gasteiger partial charge in [0.2, 0.25) is 11.8 Å². The summed E-state index contributed by atoms with van der Waals surface area (Å²) in [6.45, 7) is 2.13. The molecule has 6 nitrogen and oxygen atoms in total. The summed E-state index contributed by atoms with van der Waals surface area (Å²) in [5, 5.41) is 4.99. The van der Waals surface area contributed by atoms with Crippen molar-refractivity contribution >= 4 is 29.5 Å². The third-order valence-electron chi connectivity index (χ3n) is 5.25. The summed E-state index contributed by atoms with van der Waals surface area (Å²) in [5.41, 5.74) is 2.76. The molecular weight excluding hydrogens is 412 g/mol. The van der Waals surface area contributed by atoms with Crippen molar-refractivity contribution in [2.24, 2.45) is 0 Å². The first-order valence-electron chi connectivity index (χ1n) is 10.2. The molecule has 2 heterocycles. The van der Waals surface area contributed by atoms with Crippen LogP contribution in [-0.2, 0) is 16.0 Å². The largest absolute Gasteiger partial charge is 0.339 e. The predicted octanol–water partition coefficient (Wildman–Crippen LogP) is 3.45. The average molecular weight is 435 g/mol. The van der Waals surface area contributed by atoms with Crippen LogP contribution in [0, 0.1) is 0 Å². The minimum absolute atomic E-state index is 0.0581. The summed E-state index contributed by atoms with van der Waals surface area (Å²) in [5.74, 6) is 0.00977. The lowest BCUT2D eigenvalue weighted by Gasteiger charge is -2.34. The number of para-hydroxylation sites is 1. The number of hydrogen-bond donors (Lipinski definition) is 0. The standard InChI is InChI=1S/C24H23ClN4O2/c25-21-9-6-19(7-10-21)16-24(31)28-14-12-27(13-15-28)23(30)11-8-20-17-26-29(18-20)22-4-2-1-3-5-22/h1-11,17-18H,12-16H2. The highest BCUT2D eigenvalue weighted by Crippen LogP contribution is 2.13. The van der Waals surface area contributed by atoms with E-state index in [4.69, 9.17) is 11.6 Å². The lowest BCUT2D eigenvalue weighted by atomic mass is 10.1. The Hall–Kier alpha value is -3.38. The van der Waals surface area contributed by atoms with Crippen molar-refractivity contribution in [3.05, 3.63) is 89.2 Å². The molecule has 1 fully saturated rings. The van der Waals surface area contributed by atoms with E-state index in [-0.39, 0.29) is 11.8 Å². The Morgan fingerprint density at radius 3 is 2.32 bits per heavy atom. The molecule has 0 atom stereocenters. The predicted molar refractivity (Wildman–Crippen MR) is 121 cm³/mol. The van der Waals surface area contributed by atoms with Crippen LogP contribution in [0.2, 0.25) is 5.02 Å². The second kappa shape index (κ2) is 9.62. The lowest BCUT2D eigenvalue weighted by Crippen LogP contribution is -2.50. The fraction of sp³-hybridized carbons (Fsp3) is 0.208. The molecule has 0 saturated carbocycles. The van der Waals surface area contributed by atoms with E-state index in [2.05, 4.69) is 5.10 Å². The molecule has 2 amide bonds. The number of rotatable bonds is 5. The monoisotopic (exact) mass is 434 g/mol. The number of amides is 2. The SMILES string of the molecule is O=C(C=Cc1cnn(-c2ccccc2)c1)N1CCN(C(=O)Cc2ccc(Cl)cc2)CC1. The van der Waals surface area contributed by atoms with E-state index in [1.807, 2.05) is 53.6 Å². The lowest BCUT2D eigenvalue weighted by molar-refractivity contribution is -0.136. The first-order chi connectivity index (χ1) is 15.1. The van der Waals surface area contributed by atoms with Gasteiger partial charge in [-0.1, -0.05) is 41.9 Å². The van der Waals surface area contributed by atoms with Gasteiger partial charge < -0.3 is 9.80 Å². The number of carbonyl (C=O) groups is 2. The molecule has 0 spiro atoms. The van der Waals surface area contributed by atoms with Crippen LogP contribution in [0.3, 0.4) is 0 Å². The second-order valence-electron chi connectivity index (χ2n) is 7.40. The summed E-state index contributed by atoms with van der Waals surface area (Å²) in [6.07, 6.45) is 7.29. The van der Waals surface area contributed by atoms with Crippen LogP contribution in [0.25, 0.3) is 11.8 Å². The quantitative estimate of drug-likeness (QED) is 0.578. The zero-order valence-corrected chi connectivity index (χ0v) is 17.8. The molecule has 3 aromatic rings. The summed E-state index contributed by atoms with van der Waals surface area (Å²) >= 11 is 5.89. The molecule has 2 aromatic carbocycles. The molecule has 0 N–H and O–H groups in total. The maximum absolute atomic E-state index is 12.5. The number of piperazine rings is 1. The van der Waals surface area contributed by atoms with E-state index in [9.17, 15) is 9.59 Å². The van der Waals surface area contributed by atoms with Gasteiger partial charge in [0.25, 0.3) is 0 Å². The molecule has 1 saturated heterocycles. The first kappa shape index (κ1) is 20.9. The van der Waals surface area contributed by atoms with Crippen molar-refractivity contribution in [3.63, 3.8) is 0 Å². The fourth-order valence-electron chi connectivity index (χ4n) is 3.48. The summed E-state index contributed by atoms with van der Waals surface area (Å²) in [4.78, 5) is 28.6. The maximum Gasteiger partial charge on any atom is 0.246 e. The zero-order chi connectivity index (χ0) is 21.6. The minimum atomic E-state index is -0.0581. The van der Waals surface area contributed by atoms with Gasteiger partial charge in [0, 0.05) is 49.0 Å². The van der Waals surface area contributed by atoms with Crippen LogP contribution in [0.1, 0.15) is 11.1 Å². The normalized spacial score (nSPS) is 14.2.